The maximum atomic E-state index is 5.80. The van der Waals surface area contributed by atoms with Gasteiger partial charge in [0.05, 0.1) is 0 Å². The Morgan fingerprint density at radius 1 is 1.27 bits per heavy atom. The highest BCUT2D eigenvalue weighted by molar-refractivity contribution is 6.85. The molecular formula is C8H22OSi2. The van der Waals surface area contributed by atoms with Crippen LogP contribution in [0.4, 0.5) is 0 Å². The minimum atomic E-state index is -0.850. The van der Waals surface area contributed by atoms with Gasteiger partial charge < -0.3 is 4.43 Å². The Hall–Kier alpha value is 0.394. The van der Waals surface area contributed by atoms with E-state index in [0.29, 0.717) is 6.10 Å². The average molecular weight is 190 g/mol. The highest BCUT2D eigenvalue weighted by atomic mass is 28.4. The second kappa shape index (κ2) is 4.43. The molecule has 0 aromatic rings. The molecule has 0 aliphatic rings. The lowest BCUT2D eigenvalue weighted by Crippen LogP contribution is -2.31. The Morgan fingerprint density at radius 2 is 1.73 bits per heavy atom. The summed E-state index contributed by atoms with van der Waals surface area (Å²) in [4.78, 5) is 0. The van der Waals surface area contributed by atoms with Crippen LogP contribution in [0.5, 0.6) is 0 Å². The molecule has 68 valence electrons. The van der Waals surface area contributed by atoms with E-state index < -0.39 is 17.1 Å². The number of hydrogen-bond donors (Lipinski definition) is 0. The van der Waals surface area contributed by atoms with Crippen LogP contribution in [0, 0.1) is 0 Å². The molecule has 0 aliphatic heterocycles. The van der Waals surface area contributed by atoms with Crippen LogP contribution in [0.1, 0.15) is 13.8 Å². The predicted molar refractivity (Wildman–Crippen MR) is 57.4 cm³/mol. The quantitative estimate of drug-likeness (QED) is 0.619. The van der Waals surface area contributed by atoms with Crippen LogP contribution in [0.3, 0.4) is 0 Å². The molecule has 0 radical (unpaired) electrons. The third-order valence-corrected chi connectivity index (χ3v) is 9.61. The van der Waals surface area contributed by atoms with Gasteiger partial charge >= 0.3 is 0 Å². The second-order valence-electron chi connectivity index (χ2n) is 4.76. The molecule has 0 amide bonds. The van der Waals surface area contributed by atoms with Gasteiger partial charge in [0, 0.05) is 14.2 Å². The molecular weight excluding hydrogens is 168 g/mol. The Bertz CT molecular complexity index is 107. The molecule has 0 N–H and O–H groups in total. The molecule has 0 aromatic heterocycles. The third kappa shape index (κ3) is 8.30. The van der Waals surface area contributed by atoms with Crippen LogP contribution in [0.2, 0.25) is 31.9 Å². The molecule has 1 atom stereocenters. The van der Waals surface area contributed by atoms with Gasteiger partial charge in [-0.3, -0.25) is 0 Å². The Morgan fingerprint density at radius 3 is 2.00 bits per heavy atom. The summed E-state index contributed by atoms with van der Waals surface area (Å²) in [7, 11) is -1.67. The zero-order chi connectivity index (χ0) is 9.07. The molecule has 0 aliphatic carbocycles. The Kier molecular flexibility index (Phi) is 4.59. The van der Waals surface area contributed by atoms with E-state index in [9.17, 15) is 0 Å². The summed E-state index contributed by atoms with van der Waals surface area (Å²) >= 11 is 0. The fraction of sp³-hybridized carbons (Fsp3) is 1.00. The van der Waals surface area contributed by atoms with Gasteiger partial charge in [-0.05, 0) is 26.1 Å². The topological polar surface area (TPSA) is 9.23 Å². The summed E-state index contributed by atoms with van der Waals surface area (Å²) in [6.07, 6.45) is 0.438. The molecule has 1 nitrogen and oxygen atoms in total. The highest BCUT2D eigenvalue weighted by Gasteiger charge is 2.19. The van der Waals surface area contributed by atoms with Crippen LogP contribution < -0.4 is 0 Å². The van der Waals surface area contributed by atoms with Gasteiger partial charge in [-0.25, -0.2) is 0 Å². The van der Waals surface area contributed by atoms with Crippen LogP contribution in [0.25, 0.3) is 0 Å². The lowest BCUT2D eigenvalue weighted by Gasteiger charge is -2.22. The van der Waals surface area contributed by atoms with Gasteiger partial charge in [-0.2, -0.15) is 0 Å². The maximum Gasteiger partial charge on any atom is 0.171 e. The lowest BCUT2D eigenvalue weighted by atomic mass is 10.5. The monoisotopic (exact) mass is 190 g/mol. The highest BCUT2D eigenvalue weighted by Crippen LogP contribution is 2.12. The molecule has 0 saturated carbocycles. The molecule has 0 rings (SSSR count). The third-order valence-electron chi connectivity index (χ3n) is 1.40. The van der Waals surface area contributed by atoms with Crippen molar-refractivity contribution in [3.8, 4) is 0 Å². The summed E-state index contributed by atoms with van der Waals surface area (Å²) in [6, 6.07) is 0. The van der Waals surface area contributed by atoms with E-state index in [-0.39, 0.29) is 0 Å². The smallest absolute Gasteiger partial charge is 0.171 e. The van der Waals surface area contributed by atoms with Crippen molar-refractivity contribution in [2.45, 2.75) is 51.8 Å². The predicted octanol–water partition coefficient (Wildman–Crippen LogP) is 2.64. The van der Waals surface area contributed by atoms with Crippen molar-refractivity contribution in [1.29, 1.82) is 0 Å². The van der Waals surface area contributed by atoms with Gasteiger partial charge in [0.2, 0.25) is 0 Å². The van der Waals surface area contributed by atoms with E-state index in [0.717, 1.165) is 0 Å². The van der Waals surface area contributed by atoms with Crippen LogP contribution in [-0.2, 0) is 4.43 Å². The number of hydrogen-bond acceptors (Lipinski definition) is 1. The molecule has 0 spiro atoms. The normalized spacial score (nSPS) is 15.5. The molecule has 0 aromatic carbocycles. The molecule has 11 heavy (non-hydrogen) atoms. The summed E-state index contributed by atoms with van der Waals surface area (Å²) in [6.45, 7) is 13.8. The summed E-state index contributed by atoms with van der Waals surface area (Å²) < 4.78 is 5.80. The standard InChI is InChI=1S/C8H22OSi2/c1-8(2)9-10(3)7-11(4,5)6/h8,10H,7H2,1-6H3. The van der Waals surface area contributed by atoms with Gasteiger partial charge in [0.1, 0.15) is 0 Å². The first kappa shape index (κ1) is 11.4. The van der Waals surface area contributed by atoms with E-state index in [4.69, 9.17) is 4.43 Å². The van der Waals surface area contributed by atoms with Crippen molar-refractivity contribution in [2.75, 3.05) is 0 Å². The molecule has 0 saturated heterocycles. The van der Waals surface area contributed by atoms with Gasteiger partial charge in [0.15, 0.2) is 9.04 Å². The van der Waals surface area contributed by atoms with E-state index >= 15 is 0 Å². The lowest BCUT2D eigenvalue weighted by molar-refractivity contribution is 0.246. The van der Waals surface area contributed by atoms with Crippen LogP contribution in [-0.4, -0.2) is 23.2 Å². The van der Waals surface area contributed by atoms with Gasteiger partial charge in [0.25, 0.3) is 0 Å². The van der Waals surface area contributed by atoms with E-state index in [1.54, 1.807) is 0 Å². The number of rotatable bonds is 4. The first-order chi connectivity index (χ1) is 4.81. The molecule has 1 unspecified atom stereocenters. The average Bonchev–Trinajstić information content (AvgIpc) is 1.53. The summed E-state index contributed by atoms with van der Waals surface area (Å²) in [5, 5.41) is 0. The Labute approximate surface area is 73.9 Å². The van der Waals surface area contributed by atoms with E-state index in [2.05, 4.69) is 40.0 Å². The maximum absolute atomic E-state index is 5.80. The molecule has 0 bridgehead atoms. The summed E-state index contributed by atoms with van der Waals surface area (Å²) in [5.74, 6) is 0. The first-order valence-corrected chi connectivity index (χ1v) is 10.6. The summed E-state index contributed by atoms with van der Waals surface area (Å²) in [5.41, 5.74) is 1.41. The van der Waals surface area contributed by atoms with Crippen molar-refractivity contribution in [3.05, 3.63) is 0 Å². The minimum absolute atomic E-state index is 0.438. The molecule has 0 fully saturated rings. The van der Waals surface area contributed by atoms with Crippen molar-refractivity contribution in [2.24, 2.45) is 0 Å². The van der Waals surface area contributed by atoms with Crippen molar-refractivity contribution >= 4 is 17.1 Å². The van der Waals surface area contributed by atoms with Crippen LogP contribution >= 0.6 is 0 Å². The van der Waals surface area contributed by atoms with Crippen LogP contribution in [0.15, 0.2) is 0 Å². The fourth-order valence-corrected chi connectivity index (χ4v) is 9.59. The SMILES string of the molecule is CC(C)O[SiH](C)C[Si](C)(C)C. The van der Waals surface area contributed by atoms with Crippen molar-refractivity contribution in [1.82, 2.24) is 0 Å². The molecule has 3 heteroatoms. The zero-order valence-electron chi connectivity index (χ0n) is 8.77. The zero-order valence-corrected chi connectivity index (χ0v) is 10.9. The largest absolute Gasteiger partial charge is 0.418 e. The minimum Gasteiger partial charge on any atom is -0.418 e. The van der Waals surface area contributed by atoms with Gasteiger partial charge in [-0.1, -0.05) is 19.6 Å². The van der Waals surface area contributed by atoms with E-state index in [1.807, 2.05) is 0 Å². The first-order valence-electron chi connectivity index (χ1n) is 4.47. The van der Waals surface area contributed by atoms with Gasteiger partial charge in [-0.15, -0.1) is 0 Å². The fourth-order valence-electron chi connectivity index (χ4n) is 1.38. The second-order valence-corrected chi connectivity index (χ2v) is 13.4. The molecule has 0 heterocycles. The van der Waals surface area contributed by atoms with Crippen molar-refractivity contribution in [3.63, 3.8) is 0 Å². The Balaban J connectivity index is 3.61. The van der Waals surface area contributed by atoms with E-state index in [1.165, 1.54) is 5.67 Å². The van der Waals surface area contributed by atoms with Crippen molar-refractivity contribution < 1.29 is 4.43 Å².